The third kappa shape index (κ3) is 3.11. The van der Waals surface area contributed by atoms with Gasteiger partial charge in [-0.25, -0.2) is 4.79 Å². The zero-order valence-corrected chi connectivity index (χ0v) is 11.8. The molecule has 0 atom stereocenters. The summed E-state index contributed by atoms with van der Waals surface area (Å²) in [5.74, 6) is 0.822. The zero-order valence-electron chi connectivity index (χ0n) is 11.1. The third-order valence-electron chi connectivity index (χ3n) is 2.90. The van der Waals surface area contributed by atoms with Gasteiger partial charge in [-0.2, -0.15) is 0 Å². The van der Waals surface area contributed by atoms with Crippen LogP contribution in [-0.4, -0.2) is 36.4 Å². The molecule has 0 radical (unpaired) electrons. The van der Waals surface area contributed by atoms with Crippen LogP contribution >= 0.6 is 11.6 Å². The van der Waals surface area contributed by atoms with Crippen molar-refractivity contribution in [2.75, 3.05) is 19.5 Å². The second-order valence-electron chi connectivity index (χ2n) is 4.26. The monoisotopic (exact) mass is 294 g/mol. The first-order valence-corrected chi connectivity index (χ1v) is 6.73. The van der Waals surface area contributed by atoms with Crippen molar-refractivity contribution in [1.82, 2.24) is 10.2 Å². The van der Waals surface area contributed by atoms with Crippen LogP contribution in [0.5, 0.6) is 5.75 Å². The van der Waals surface area contributed by atoms with Gasteiger partial charge >= 0.3 is 6.03 Å². The summed E-state index contributed by atoms with van der Waals surface area (Å²) in [6, 6.07) is 6.80. The fourth-order valence-electron chi connectivity index (χ4n) is 1.86. The van der Waals surface area contributed by atoms with Crippen LogP contribution in [0.4, 0.5) is 4.79 Å². The van der Waals surface area contributed by atoms with E-state index in [4.69, 9.17) is 16.3 Å². The maximum Gasteiger partial charge on any atom is 0.329 e. The maximum atomic E-state index is 12.1. The summed E-state index contributed by atoms with van der Waals surface area (Å²) in [5.41, 5.74) is 1.09. The van der Waals surface area contributed by atoms with Crippen molar-refractivity contribution >= 4 is 29.6 Å². The van der Waals surface area contributed by atoms with E-state index in [0.717, 1.165) is 16.2 Å². The summed E-state index contributed by atoms with van der Waals surface area (Å²) in [5, 5.41) is 2.56. The van der Waals surface area contributed by atoms with Gasteiger partial charge in [-0.15, -0.1) is 11.6 Å². The van der Waals surface area contributed by atoms with E-state index in [1.807, 2.05) is 12.1 Å². The van der Waals surface area contributed by atoms with Crippen molar-refractivity contribution in [3.63, 3.8) is 0 Å². The van der Waals surface area contributed by atoms with E-state index in [2.05, 4.69) is 5.32 Å². The van der Waals surface area contributed by atoms with Crippen molar-refractivity contribution in [3.05, 3.63) is 35.5 Å². The lowest BCUT2D eigenvalue weighted by Crippen LogP contribution is -2.31. The summed E-state index contributed by atoms with van der Waals surface area (Å²) in [6.45, 7) is 0.327. The van der Waals surface area contributed by atoms with Gasteiger partial charge in [0.25, 0.3) is 5.91 Å². The number of nitrogens with one attached hydrogen (secondary N) is 1. The molecule has 0 unspecified atom stereocenters. The van der Waals surface area contributed by atoms with Crippen molar-refractivity contribution < 1.29 is 14.3 Å². The molecule has 6 heteroatoms. The Morgan fingerprint density at radius 2 is 2.00 bits per heavy atom. The molecule has 0 aliphatic carbocycles. The summed E-state index contributed by atoms with van der Waals surface area (Å²) in [7, 11) is 1.59. The lowest BCUT2D eigenvalue weighted by Gasteiger charge is -2.09. The molecule has 0 aromatic heterocycles. The Labute approximate surface area is 122 Å². The molecule has 1 aromatic rings. The average molecular weight is 295 g/mol. The number of urea groups is 1. The van der Waals surface area contributed by atoms with Crippen molar-refractivity contribution in [3.8, 4) is 5.75 Å². The van der Waals surface area contributed by atoms with Crippen LogP contribution in [0, 0.1) is 0 Å². The Morgan fingerprint density at radius 3 is 2.60 bits per heavy atom. The Balaban J connectivity index is 2.14. The van der Waals surface area contributed by atoms with Gasteiger partial charge in [0.1, 0.15) is 11.4 Å². The van der Waals surface area contributed by atoms with Crippen LogP contribution < -0.4 is 10.1 Å². The van der Waals surface area contributed by atoms with Crippen LogP contribution in [0.15, 0.2) is 30.0 Å². The minimum Gasteiger partial charge on any atom is -0.497 e. The molecule has 20 heavy (non-hydrogen) atoms. The minimum atomic E-state index is -0.403. The van der Waals surface area contributed by atoms with E-state index in [0.29, 0.717) is 18.8 Å². The number of carbonyl (C=O) groups excluding carboxylic acids is 2. The normalized spacial score (nSPS) is 16.7. The third-order valence-corrected chi connectivity index (χ3v) is 3.17. The number of halogens is 1. The smallest absolute Gasteiger partial charge is 0.329 e. The van der Waals surface area contributed by atoms with Crippen LogP contribution in [-0.2, 0) is 4.79 Å². The highest BCUT2D eigenvalue weighted by atomic mass is 35.5. The summed E-state index contributed by atoms with van der Waals surface area (Å²) >= 11 is 5.57. The van der Waals surface area contributed by atoms with E-state index >= 15 is 0 Å². The first-order chi connectivity index (χ1) is 9.65. The second-order valence-corrected chi connectivity index (χ2v) is 4.64. The number of ether oxygens (including phenoxy) is 1. The lowest BCUT2D eigenvalue weighted by atomic mass is 10.2. The van der Waals surface area contributed by atoms with Crippen molar-refractivity contribution in [2.24, 2.45) is 0 Å². The van der Waals surface area contributed by atoms with Gasteiger partial charge in [0.15, 0.2) is 0 Å². The van der Waals surface area contributed by atoms with E-state index in [1.165, 1.54) is 0 Å². The van der Waals surface area contributed by atoms with E-state index in [1.54, 1.807) is 25.3 Å². The van der Waals surface area contributed by atoms with Gasteiger partial charge in [-0.3, -0.25) is 9.69 Å². The van der Waals surface area contributed by atoms with E-state index < -0.39 is 6.03 Å². The van der Waals surface area contributed by atoms with E-state index in [-0.39, 0.29) is 11.6 Å². The van der Waals surface area contributed by atoms with Crippen LogP contribution in [0.25, 0.3) is 6.08 Å². The van der Waals surface area contributed by atoms with Gasteiger partial charge in [0, 0.05) is 12.4 Å². The van der Waals surface area contributed by atoms with E-state index in [9.17, 15) is 9.59 Å². The predicted molar refractivity (Wildman–Crippen MR) is 76.6 cm³/mol. The van der Waals surface area contributed by atoms with Gasteiger partial charge < -0.3 is 10.1 Å². The second kappa shape index (κ2) is 6.43. The number of carbonyl (C=O) groups is 2. The highest BCUT2D eigenvalue weighted by Gasteiger charge is 2.32. The van der Waals surface area contributed by atoms with Crippen molar-refractivity contribution in [2.45, 2.75) is 6.42 Å². The fourth-order valence-corrected chi connectivity index (χ4v) is 1.98. The molecule has 1 aliphatic rings. The Morgan fingerprint density at radius 1 is 1.30 bits per heavy atom. The Kier molecular flexibility index (Phi) is 4.63. The van der Waals surface area contributed by atoms with Gasteiger partial charge in [-0.05, 0) is 30.2 Å². The highest BCUT2D eigenvalue weighted by Crippen LogP contribution is 2.17. The standard InChI is InChI=1S/C14H15ClN2O3/c1-20-11-5-3-10(4-6-11)9-12-13(18)17(8-2-7-15)14(19)16-12/h3-6,9H,2,7-8H2,1H3,(H,16,19)/b12-9-. The number of benzene rings is 1. The fraction of sp³-hybridized carbons (Fsp3) is 0.286. The molecule has 5 nitrogen and oxygen atoms in total. The zero-order chi connectivity index (χ0) is 14.5. The predicted octanol–water partition coefficient (Wildman–Crippen LogP) is 2.22. The average Bonchev–Trinajstić information content (AvgIpc) is 2.72. The number of alkyl halides is 1. The minimum absolute atomic E-state index is 0.273. The number of nitrogens with zero attached hydrogens (tertiary/aromatic N) is 1. The largest absolute Gasteiger partial charge is 0.497 e. The lowest BCUT2D eigenvalue weighted by molar-refractivity contribution is -0.122. The molecule has 2 rings (SSSR count). The molecule has 1 heterocycles. The molecule has 1 N–H and O–H groups in total. The van der Waals surface area contributed by atoms with Crippen LogP contribution in [0.3, 0.4) is 0 Å². The Bertz CT molecular complexity index is 540. The first kappa shape index (κ1) is 14.4. The molecule has 1 fully saturated rings. The number of hydrogen-bond donors (Lipinski definition) is 1. The quantitative estimate of drug-likeness (QED) is 0.515. The molecule has 3 amide bonds. The van der Waals surface area contributed by atoms with Gasteiger partial charge in [-0.1, -0.05) is 12.1 Å². The summed E-state index contributed by atoms with van der Waals surface area (Å²) in [6.07, 6.45) is 2.22. The molecule has 106 valence electrons. The summed E-state index contributed by atoms with van der Waals surface area (Å²) in [4.78, 5) is 24.9. The molecule has 1 aliphatic heterocycles. The van der Waals surface area contributed by atoms with Crippen LogP contribution in [0.1, 0.15) is 12.0 Å². The molecule has 1 saturated heterocycles. The molecular formula is C14H15ClN2O3. The molecule has 0 spiro atoms. The molecular weight excluding hydrogens is 280 g/mol. The van der Waals surface area contributed by atoms with Crippen LogP contribution in [0.2, 0.25) is 0 Å². The maximum absolute atomic E-state index is 12.1. The number of methoxy groups -OCH3 is 1. The molecule has 1 aromatic carbocycles. The highest BCUT2D eigenvalue weighted by molar-refractivity contribution is 6.18. The number of rotatable bonds is 5. The Hall–Kier alpha value is -2.01. The SMILES string of the molecule is COc1ccc(/C=C2\NC(=O)N(CCCCl)C2=O)cc1. The van der Waals surface area contributed by atoms with Gasteiger partial charge in [0.05, 0.1) is 7.11 Å². The molecule has 0 saturated carbocycles. The number of imide groups is 1. The summed E-state index contributed by atoms with van der Waals surface area (Å²) < 4.78 is 5.06. The number of amides is 3. The van der Waals surface area contributed by atoms with Crippen molar-refractivity contribution in [1.29, 1.82) is 0 Å². The van der Waals surface area contributed by atoms with Gasteiger partial charge in [0.2, 0.25) is 0 Å². The first-order valence-electron chi connectivity index (χ1n) is 6.20. The topological polar surface area (TPSA) is 58.6 Å². The molecule has 0 bridgehead atoms. The number of hydrogen-bond acceptors (Lipinski definition) is 3.